The Kier molecular flexibility index (Phi) is 4.03. The van der Waals surface area contributed by atoms with E-state index in [1.54, 1.807) is 0 Å². The number of aromatic carboxylic acids is 1. The topological polar surface area (TPSA) is 112 Å². The normalized spacial score (nSPS) is 9.95. The third kappa shape index (κ3) is 3.27. The molecule has 0 atom stereocenters. The molecule has 0 radical (unpaired) electrons. The van der Waals surface area contributed by atoms with Crippen LogP contribution in [0.3, 0.4) is 0 Å². The lowest BCUT2D eigenvalue weighted by Gasteiger charge is -2.10. The van der Waals surface area contributed by atoms with Crippen LogP contribution in [0.2, 0.25) is 0 Å². The van der Waals surface area contributed by atoms with E-state index in [0.717, 1.165) is 0 Å². The number of aromatic nitrogens is 1. The molecule has 1 heterocycles. The Morgan fingerprint density at radius 3 is 2.38 bits per heavy atom. The minimum absolute atomic E-state index is 0.0798. The first-order valence-corrected chi connectivity index (χ1v) is 5.86. The Bertz CT molecular complexity index is 682. The zero-order valence-electron chi connectivity index (χ0n) is 11.1. The van der Waals surface area contributed by atoms with Crippen LogP contribution in [0.5, 0.6) is 17.4 Å². The summed E-state index contributed by atoms with van der Waals surface area (Å²) in [5.41, 5.74) is 5.45. The van der Waals surface area contributed by atoms with Crippen LogP contribution in [-0.2, 0) is 0 Å². The standard InChI is InChI=1S/C14H12N2O5/c1-20-11-6-8(14(18)19)2-4-10(11)21-12-5-3-9(7-16-12)13(15)17/h2-7H,1H3,(H2,15,17)(H,18,19). The highest BCUT2D eigenvalue weighted by Crippen LogP contribution is 2.31. The molecule has 0 aliphatic carbocycles. The molecule has 0 fully saturated rings. The summed E-state index contributed by atoms with van der Waals surface area (Å²) in [5, 5.41) is 8.92. The zero-order valence-corrected chi connectivity index (χ0v) is 11.1. The molecule has 2 rings (SSSR count). The second-order valence-electron chi connectivity index (χ2n) is 4.02. The number of carboxylic acid groups (broad SMARTS) is 1. The summed E-state index contributed by atoms with van der Waals surface area (Å²) in [6.07, 6.45) is 1.29. The fraction of sp³-hybridized carbons (Fsp3) is 0.0714. The van der Waals surface area contributed by atoms with Gasteiger partial charge >= 0.3 is 5.97 Å². The Balaban J connectivity index is 2.26. The van der Waals surface area contributed by atoms with E-state index in [9.17, 15) is 9.59 Å². The molecule has 0 bridgehead atoms. The number of nitrogens with zero attached hydrogens (tertiary/aromatic N) is 1. The van der Waals surface area contributed by atoms with Crippen LogP contribution in [-0.4, -0.2) is 29.1 Å². The summed E-state index contributed by atoms with van der Waals surface area (Å²) >= 11 is 0. The first kappa shape index (κ1) is 14.3. The van der Waals surface area contributed by atoms with Crippen molar-refractivity contribution in [2.75, 3.05) is 7.11 Å². The Morgan fingerprint density at radius 2 is 1.86 bits per heavy atom. The van der Waals surface area contributed by atoms with Crippen molar-refractivity contribution in [1.29, 1.82) is 0 Å². The highest BCUT2D eigenvalue weighted by molar-refractivity contribution is 5.92. The predicted molar refractivity (Wildman–Crippen MR) is 72.8 cm³/mol. The quantitative estimate of drug-likeness (QED) is 0.865. The van der Waals surface area contributed by atoms with E-state index in [0.29, 0.717) is 5.75 Å². The molecule has 0 spiro atoms. The molecule has 21 heavy (non-hydrogen) atoms. The fourth-order valence-electron chi connectivity index (χ4n) is 1.58. The minimum Gasteiger partial charge on any atom is -0.493 e. The van der Waals surface area contributed by atoms with Crippen molar-refractivity contribution in [3.05, 3.63) is 47.7 Å². The second kappa shape index (κ2) is 5.91. The van der Waals surface area contributed by atoms with Gasteiger partial charge in [0.15, 0.2) is 11.5 Å². The molecule has 108 valence electrons. The second-order valence-corrected chi connectivity index (χ2v) is 4.02. The number of hydrogen-bond acceptors (Lipinski definition) is 5. The minimum atomic E-state index is -1.07. The lowest BCUT2D eigenvalue weighted by molar-refractivity contribution is 0.0696. The number of carbonyl (C=O) groups is 2. The van der Waals surface area contributed by atoms with Crippen LogP contribution in [0.1, 0.15) is 20.7 Å². The highest BCUT2D eigenvalue weighted by atomic mass is 16.5. The molecule has 0 aliphatic rings. The van der Waals surface area contributed by atoms with E-state index < -0.39 is 11.9 Å². The zero-order chi connectivity index (χ0) is 15.4. The summed E-state index contributed by atoms with van der Waals surface area (Å²) < 4.78 is 10.6. The van der Waals surface area contributed by atoms with Gasteiger partial charge in [-0.1, -0.05) is 0 Å². The summed E-state index contributed by atoms with van der Waals surface area (Å²) in [7, 11) is 1.40. The number of rotatable bonds is 5. The Labute approximate surface area is 119 Å². The van der Waals surface area contributed by atoms with Gasteiger partial charge in [0.2, 0.25) is 11.8 Å². The van der Waals surface area contributed by atoms with Gasteiger partial charge in [-0.3, -0.25) is 4.79 Å². The van der Waals surface area contributed by atoms with Gasteiger partial charge < -0.3 is 20.3 Å². The highest BCUT2D eigenvalue weighted by Gasteiger charge is 2.11. The van der Waals surface area contributed by atoms with E-state index in [2.05, 4.69) is 4.98 Å². The van der Waals surface area contributed by atoms with Crippen molar-refractivity contribution in [2.24, 2.45) is 5.73 Å². The van der Waals surface area contributed by atoms with Gasteiger partial charge in [0.1, 0.15) is 0 Å². The lowest BCUT2D eigenvalue weighted by atomic mass is 10.2. The fourth-order valence-corrected chi connectivity index (χ4v) is 1.58. The van der Waals surface area contributed by atoms with Crippen molar-refractivity contribution in [3.8, 4) is 17.4 Å². The van der Waals surface area contributed by atoms with E-state index >= 15 is 0 Å². The number of carboxylic acids is 1. The smallest absolute Gasteiger partial charge is 0.335 e. The van der Waals surface area contributed by atoms with Crippen molar-refractivity contribution < 1.29 is 24.2 Å². The Morgan fingerprint density at radius 1 is 1.14 bits per heavy atom. The van der Waals surface area contributed by atoms with Gasteiger partial charge in [0.05, 0.1) is 18.2 Å². The number of carbonyl (C=O) groups excluding carboxylic acids is 1. The number of hydrogen-bond donors (Lipinski definition) is 2. The van der Waals surface area contributed by atoms with Crippen molar-refractivity contribution >= 4 is 11.9 Å². The maximum Gasteiger partial charge on any atom is 0.335 e. The summed E-state index contributed by atoms with van der Waals surface area (Å²) in [4.78, 5) is 25.8. The number of pyridine rings is 1. The van der Waals surface area contributed by atoms with Gasteiger partial charge in [0.25, 0.3) is 0 Å². The van der Waals surface area contributed by atoms with E-state index in [1.807, 2.05) is 0 Å². The average Bonchev–Trinajstić information content (AvgIpc) is 2.48. The molecule has 0 unspecified atom stereocenters. The van der Waals surface area contributed by atoms with Gasteiger partial charge in [-0.25, -0.2) is 9.78 Å². The molecule has 2 aromatic rings. The average molecular weight is 288 g/mol. The summed E-state index contributed by atoms with van der Waals surface area (Å²) in [6, 6.07) is 7.15. The molecule has 0 aliphatic heterocycles. The first-order valence-electron chi connectivity index (χ1n) is 5.86. The Hall–Kier alpha value is -3.09. The van der Waals surface area contributed by atoms with Crippen LogP contribution in [0, 0.1) is 0 Å². The summed E-state index contributed by atoms with van der Waals surface area (Å²) in [6.45, 7) is 0. The number of ether oxygens (including phenoxy) is 2. The third-order valence-electron chi connectivity index (χ3n) is 2.65. The van der Waals surface area contributed by atoms with Gasteiger partial charge in [-0.15, -0.1) is 0 Å². The lowest BCUT2D eigenvalue weighted by Crippen LogP contribution is -2.10. The van der Waals surface area contributed by atoms with Crippen LogP contribution in [0.15, 0.2) is 36.5 Å². The molecule has 7 heteroatoms. The van der Waals surface area contributed by atoms with Crippen molar-refractivity contribution in [3.63, 3.8) is 0 Å². The van der Waals surface area contributed by atoms with Crippen LogP contribution < -0.4 is 15.2 Å². The molecule has 3 N–H and O–H groups in total. The molecule has 0 saturated carbocycles. The molecular formula is C14H12N2O5. The maximum atomic E-state index is 10.9. The first-order chi connectivity index (χ1) is 10.0. The molecule has 1 aromatic heterocycles. The predicted octanol–water partition coefficient (Wildman–Crippen LogP) is 1.68. The van der Waals surface area contributed by atoms with Crippen LogP contribution >= 0.6 is 0 Å². The van der Waals surface area contributed by atoms with Crippen molar-refractivity contribution in [2.45, 2.75) is 0 Å². The maximum absolute atomic E-state index is 10.9. The van der Waals surface area contributed by atoms with Gasteiger partial charge in [0, 0.05) is 12.3 Å². The van der Waals surface area contributed by atoms with Crippen LogP contribution in [0.25, 0.3) is 0 Å². The third-order valence-corrected chi connectivity index (χ3v) is 2.65. The summed E-state index contributed by atoms with van der Waals surface area (Å²) in [5.74, 6) is -0.861. The number of amides is 1. The van der Waals surface area contributed by atoms with Gasteiger partial charge in [-0.05, 0) is 24.3 Å². The number of nitrogens with two attached hydrogens (primary N) is 1. The molecule has 1 amide bonds. The molecular weight excluding hydrogens is 276 g/mol. The molecule has 1 aromatic carbocycles. The van der Waals surface area contributed by atoms with E-state index in [-0.39, 0.29) is 22.8 Å². The van der Waals surface area contributed by atoms with E-state index in [4.69, 9.17) is 20.3 Å². The van der Waals surface area contributed by atoms with Crippen LogP contribution in [0.4, 0.5) is 0 Å². The number of primary amides is 1. The monoisotopic (exact) mass is 288 g/mol. The number of benzene rings is 1. The SMILES string of the molecule is COc1cc(C(=O)O)ccc1Oc1ccc(C(N)=O)cn1. The largest absolute Gasteiger partial charge is 0.493 e. The molecule has 7 nitrogen and oxygen atoms in total. The van der Waals surface area contributed by atoms with E-state index in [1.165, 1.54) is 43.6 Å². The van der Waals surface area contributed by atoms with Gasteiger partial charge in [-0.2, -0.15) is 0 Å². The van der Waals surface area contributed by atoms with Crippen molar-refractivity contribution in [1.82, 2.24) is 4.98 Å². The molecule has 0 saturated heterocycles. The number of methoxy groups -OCH3 is 1.